The molecule has 3 rings (SSSR count). The summed E-state index contributed by atoms with van der Waals surface area (Å²) in [5.41, 5.74) is 3.73. The van der Waals surface area contributed by atoms with E-state index in [1.165, 1.54) is 6.07 Å². The number of hydrogen-bond acceptors (Lipinski definition) is 3. The fraction of sp³-hybridized carbons (Fsp3) is 0.0714. The van der Waals surface area contributed by atoms with E-state index in [1.807, 2.05) is 37.1 Å². The lowest BCUT2D eigenvalue weighted by atomic mass is 10.1. The average molecular weight is 276 g/mol. The first-order valence-electron chi connectivity index (χ1n) is 5.54. The molecule has 0 saturated carbocycles. The van der Waals surface area contributed by atoms with Crippen LogP contribution in [0.25, 0.3) is 11.1 Å². The van der Waals surface area contributed by atoms with Crippen LogP contribution in [0.3, 0.4) is 0 Å². The number of rotatable bonds is 1. The van der Waals surface area contributed by atoms with Gasteiger partial charge < -0.3 is 4.79 Å². The third-order valence-corrected chi connectivity index (χ3v) is 4.02. The Labute approximate surface area is 111 Å². The van der Waals surface area contributed by atoms with Crippen molar-refractivity contribution in [2.45, 2.75) is 11.3 Å². The van der Waals surface area contributed by atoms with Crippen LogP contribution in [0.5, 0.6) is 0 Å². The van der Waals surface area contributed by atoms with Crippen LogP contribution in [0.2, 0.25) is 0 Å². The van der Waals surface area contributed by atoms with Gasteiger partial charge in [-0.05, 0) is 28.3 Å². The number of fused-ring (bicyclic) bond motifs is 3. The van der Waals surface area contributed by atoms with E-state index in [2.05, 4.69) is 0 Å². The highest BCUT2D eigenvalue weighted by Crippen LogP contribution is 2.39. The molecule has 0 spiro atoms. The average Bonchev–Trinajstić information content (AvgIpc) is 2.78. The molecule has 0 amide bonds. The maximum atomic E-state index is 11.3. The molecule has 0 bridgehead atoms. The van der Waals surface area contributed by atoms with Crippen molar-refractivity contribution in [3.8, 4) is 11.1 Å². The molecule has 2 aromatic rings. The molecule has 0 saturated heterocycles. The van der Waals surface area contributed by atoms with Crippen LogP contribution >= 0.6 is 0 Å². The summed E-state index contributed by atoms with van der Waals surface area (Å²) in [5.74, 6) is 0. The van der Waals surface area contributed by atoms with E-state index in [1.54, 1.807) is 6.07 Å². The molecular formula is C14H12O4S. The maximum Gasteiger partial charge on any atom is 0.294 e. The zero-order chi connectivity index (χ0) is 14.0. The maximum absolute atomic E-state index is 11.3. The minimum atomic E-state index is -4.15. The molecule has 98 valence electrons. The van der Waals surface area contributed by atoms with Crippen LogP contribution in [-0.4, -0.2) is 19.8 Å². The Balaban J connectivity index is 0.000000637. The Hall–Kier alpha value is -1.98. The third-order valence-electron chi connectivity index (χ3n) is 3.09. The Morgan fingerprint density at radius 2 is 1.58 bits per heavy atom. The second-order valence-corrected chi connectivity index (χ2v) is 5.48. The molecule has 4 nitrogen and oxygen atoms in total. The molecular weight excluding hydrogens is 264 g/mol. The molecule has 0 fully saturated rings. The van der Waals surface area contributed by atoms with Crippen LogP contribution < -0.4 is 0 Å². The summed E-state index contributed by atoms with van der Waals surface area (Å²) < 4.78 is 31.8. The van der Waals surface area contributed by atoms with Gasteiger partial charge in [0.25, 0.3) is 10.1 Å². The van der Waals surface area contributed by atoms with E-state index in [0.29, 0.717) is 12.0 Å². The van der Waals surface area contributed by atoms with Crippen molar-refractivity contribution < 1.29 is 17.8 Å². The van der Waals surface area contributed by atoms with Crippen LogP contribution in [-0.2, 0) is 21.3 Å². The summed E-state index contributed by atoms with van der Waals surface area (Å²) in [6.45, 7) is 2.00. The zero-order valence-corrected chi connectivity index (χ0v) is 10.9. The molecule has 0 aromatic heterocycles. The molecule has 19 heavy (non-hydrogen) atoms. The van der Waals surface area contributed by atoms with Gasteiger partial charge in [0.1, 0.15) is 6.79 Å². The smallest absolute Gasteiger partial charge is 0.294 e. The predicted octanol–water partition coefficient (Wildman–Crippen LogP) is 2.32. The quantitative estimate of drug-likeness (QED) is 0.692. The van der Waals surface area contributed by atoms with Gasteiger partial charge in [0.2, 0.25) is 0 Å². The van der Waals surface area contributed by atoms with Crippen molar-refractivity contribution in [2.75, 3.05) is 0 Å². The van der Waals surface area contributed by atoms with Gasteiger partial charge in [-0.2, -0.15) is 8.42 Å². The SMILES string of the molecule is C=O.O=S(=O)(O)c1cccc2c1Cc1ccccc1-2. The lowest BCUT2D eigenvalue weighted by molar-refractivity contribution is -0.0979. The molecule has 0 heterocycles. The second-order valence-electron chi connectivity index (χ2n) is 4.09. The first kappa shape index (κ1) is 13.5. The molecule has 1 aliphatic carbocycles. The molecule has 2 aromatic carbocycles. The minimum absolute atomic E-state index is 0.0196. The molecule has 1 N–H and O–H groups in total. The summed E-state index contributed by atoms with van der Waals surface area (Å²) in [6, 6.07) is 12.8. The fourth-order valence-corrected chi connectivity index (χ4v) is 3.11. The number of hydrogen-bond donors (Lipinski definition) is 1. The first-order chi connectivity index (χ1) is 9.07. The highest BCUT2D eigenvalue weighted by atomic mass is 32.2. The van der Waals surface area contributed by atoms with Crippen molar-refractivity contribution >= 4 is 16.9 Å². The normalized spacial score (nSPS) is 12.1. The van der Waals surface area contributed by atoms with E-state index in [4.69, 9.17) is 4.79 Å². The highest BCUT2D eigenvalue weighted by Gasteiger charge is 2.24. The number of benzene rings is 2. The predicted molar refractivity (Wildman–Crippen MR) is 71.6 cm³/mol. The van der Waals surface area contributed by atoms with Crippen molar-refractivity contribution in [1.29, 1.82) is 0 Å². The van der Waals surface area contributed by atoms with Crippen LogP contribution in [0, 0.1) is 0 Å². The van der Waals surface area contributed by atoms with E-state index < -0.39 is 10.1 Å². The Morgan fingerprint density at radius 3 is 2.26 bits per heavy atom. The van der Waals surface area contributed by atoms with Gasteiger partial charge in [-0.25, -0.2) is 0 Å². The van der Waals surface area contributed by atoms with Gasteiger partial charge in [0.15, 0.2) is 0 Å². The van der Waals surface area contributed by atoms with Gasteiger partial charge in [0.05, 0.1) is 4.90 Å². The van der Waals surface area contributed by atoms with Gasteiger partial charge in [-0.3, -0.25) is 4.55 Å². The van der Waals surface area contributed by atoms with Crippen molar-refractivity contribution in [3.63, 3.8) is 0 Å². The number of carbonyl (C=O) groups is 1. The van der Waals surface area contributed by atoms with Gasteiger partial charge in [0, 0.05) is 6.42 Å². The first-order valence-corrected chi connectivity index (χ1v) is 6.98. The monoisotopic (exact) mass is 276 g/mol. The fourth-order valence-electron chi connectivity index (χ4n) is 2.37. The summed E-state index contributed by atoms with van der Waals surface area (Å²) in [5, 5.41) is 0. The molecule has 0 radical (unpaired) electrons. The summed E-state index contributed by atoms with van der Waals surface area (Å²) in [7, 11) is -4.15. The zero-order valence-electron chi connectivity index (χ0n) is 10.0. The van der Waals surface area contributed by atoms with Crippen molar-refractivity contribution in [2.24, 2.45) is 0 Å². The Morgan fingerprint density at radius 1 is 0.947 bits per heavy atom. The highest BCUT2D eigenvalue weighted by molar-refractivity contribution is 7.85. The van der Waals surface area contributed by atoms with Gasteiger partial charge >= 0.3 is 0 Å². The van der Waals surface area contributed by atoms with E-state index in [0.717, 1.165) is 16.7 Å². The van der Waals surface area contributed by atoms with Crippen LogP contribution in [0.1, 0.15) is 11.1 Å². The summed E-state index contributed by atoms with van der Waals surface area (Å²) in [4.78, 5) is 8.02. The van der Waals surface area contributed by atoms with E-state index in [9.17, 15) is 13.0 Å². The Bertz CT molecular complexity index is 720. The molecule has 0 atom stereocenters. The van der Waals surface area contributed by atoms with Crippen LogP contribution in [0.4, 0.5) is 0 Å². The number of carbonyl (C=O) groups excluding carboxylic acids is 1. The summed E-state index contributed by atoms with van der Waals surface area (Å²) >= 11 is 0. The molecule has 0 unspecified atom stereocenters. The van der Waals surface area contributed by atoms with E-state index in [-0.39, 0.29) is 4.90 Å². The van der Waals surface area contributed by atoms with Gasteiger partial charge in [-0.15, -0.1) is 0 Å². The lowest BCUT2D eigenvalue weighted by Gasteiger charge is -2.04. The Kier molecular flexibility index (Phi) is 3.50. The van der Waals surface area contributed by atoms with Crippen molar-refractivity contribution in [1.82, 2.24) is 0 Å². The lowest BCUT2D eigenvalue weighted by Crippen LogP contribution is -2.02. The standard InChI is InChI=1S/C13H10O3S.CH2O/c14-17(15,16)13-7-3-6-11-10-5-2-1-4-9(10)8-12(11)13;1-2/h1-7H,8H2,(H,14,15,16);1H2. The topological polar surface area (TPSA) is 71.4 Å². The van der Waals surface area contributed by atoms with Crippen molar-refractivity contribution in [3.05, 3.63) is 53.6 Å². The molecule has 1 aliphatic rings. The molecule has 0 aliphatic heterocycles. The van der Waals surface area contributed by atoms with Crippen LogP contribution in [0.15, 0.2) is 47.4 Å². The third kappa shape index (κ3) is 2.30. The second kappa shape index (κ2) is 4.95. The molecule has 5 heteroatoms. The summed E-state index contributed by atoms with van der Waals surface area (Å²) in [6.07, 6.45) is 0.557. The minimum Gasteiger partial charge on any atom is -0.307 e. The largest absolute Gasteiger partial charge is 0.307 e. The van der Waals surface area contributed by atoms with Gasteiger partial charge in [-0.1, -0.05) is 36.4 Å². The van der Waals surface area contributed by atoms with E-state index >= 15 is 0 Å².